The standard InChI is InChI=1S/C16H15ClFNO/c1-2-20-13-5-3-10(4-6-13)15-8-11-7-12(17)9-14(18)16(11)19-15/h3-7,9,15,19H,2,8H2,1H3. The number of rotatable bonds is 3. The van der Waals surface area contributed by atoms with E-state index in [1.807, 2.05) is 37.3 Å². The van der Waals surface area contributed by atoms with Crippen LogP contribution in [0.3, 0.4) is 0 Å². The first-order valence-electron chi connectivity index (χ1n) is 6.64. The van der Waals surface area contributed by atoms with Gasteiger partial charge in [0.25, 0.3) is 0 Å². The van der Waals surface area contributed by atoms with Gasteiger partial charge in [-0.15, -0.1) is 0 Å². The SMILES string of the molecule is CCOc1ccc(C2Cc3cc(Cl)cc(F)c3N2)cc1. The average Bonchev–Trinajstić information content (AvgIpc) is 2.84. The highest BCUT2D eigenvalue weighted by atomic mass is 35.5. The predicted octanol–water partition coefficient (Wildman–Crippen LogP) is 4.59. The summed E-state index contributed by atoms with van der Waals surface area (Å²) in [7, 11) is 0. The number of halogens is 2. The molecule has 104 valence electrons. The van der Waals surface area contributed by atoms with E-state index in [9.17, 15) is 4.39 Å². The van der Waals surface area contributed by atoms with Crippen LogP contribution in [0.1, 0.15) is 24.1 Å². The highest BCUT2D eigenvalue weighted by molar-refractivity contribution is 6.30. The van der Waals surface area contributed by atoms with Crippen LogP contribution in [0, 0.1) is 5.82 Å². The van der Waals surface area contributed by atoms with E-state index in [1.54, 1.807) is 0 Å². The van der Waals surface area contributed by atoms with Gasteiger partial charge >= 0.3 is 0 Å². The molecule has 0 spiro atoms. The minimum absolute atomic E-state index is 0.0774. The van der Waals surface area contributed by atoms with Crippen LogP contribution in [0.25, 0.3) is 0 Å². The molecule has 3 rings (SSSR count). The molecule has 0 amide bonds. The van der Waals surface area contributed by atoms with Gasteiger partial charge in [-0.25, -0.2) is 4.39 Å². The van der Waals surface area contributed by atoms with Crippen molar-refractivity contribution in [2.45, 2.75) is 19.4 Å². The summed E-state index contributed by atoms with van der Waals surface area (Å²) >= 11 is 5.89. The zero-order valence-corrected chi connectivity index (χ0v) is 11.9. The van der Waals surface area contributed by atoms with E-state index in [4.69, 9.17) is 16.3 Å². The van der Waals surface area contributed by atoms with Crippen LogP contribution in [0.4, 0.5) is 10.1 Å². The molecule has 0 fully saturated rings. The van der Waals surface area contributed by atoms with E-state index < -0.39 is 0 Å². The molecular formula is C16H15ClFNO. The Labute approximate surface area is 122 Å². The molecule has 1 N–H and O–H groups in total. The highest BCUT2D eigenvalue weighted by Gasteiger charge is 2.25. The maximum absolute atomic E-state index is 13.8. The van der Waals surface area contributed by atoms with Gasteiger partial charge < -0.3 is 10.1 Å². The molecule has 0 saturated carbocycles. The first kappa shape index (κ1) is 13.3. The third-order valence-corrected chi connectivity index (χ3v) is 3.69. The minimum atomic E-state index is -0.291. The van der Waals surface area contributed by atoms with E-state index in [0.717, 1.165) is 23.3 Å². The molecule has 0 radical (unpaired) electrons. The lowest BCUT2D eigenvalue weighted by Crippen LogP contribution is -2.06. The Balaban J connectivity index is 1.82. The first-order chi connectivity index (χ1) is 9.67. The van der Waals surface area contributed by atoms with E-state index in [2.05, 4.69) is 5.32 Å². The molecule has 20 heavy (non-hydrogen) atoms. The van der Waals surface area contributed by atoms with E-state index >= 15 is 0 Å². The van der Waals surface area contributed by atoms with Crippen LogP contribution in [-0.2, 0) is 6.42 Å². The van der Waals surface area contributed by atoms with Gasteiger partial charge in [0, 0.05) is 5.02 Å². The van der Waals surface area contributed by atoms with Gasteiger partial charge in [0.15, 0.2) is 0 Å². The highest BCUT2D eigenvalue weighted by Crippen LogP contribution is 2.37. The Bertz CT molecular complexity index is 627. The van der Waals surface area contributed by atoms with Crippen molar-refractivity contribution in [3.05, 3.63) is 58.4 Å². The maximum atomic E-state index is 13.8. The summed E-state index contributed by atoms with van der Waals surface area (Å²) in [6.45, 7) is 2.60. The van der Waals surface area contributed by atoms with Crippen molar-refractivity contribution in [2.24, 2.45) is 0 Å². The Kier molecular flexibility index (Phi) is 3.53. The van der Waals surface area contributed by atoms with Crippen LogP contribution in [0.5, 0.6) is 5.75 Å². The lowest BCUT2D eigenvalue weighted by molar-refractivity contribution is 0.340. The van der Waals surface area contributed by atoms with E-state index in [1.165, 1.54) is 6.07 Å². The molecule has 4 heteroatoms. The first-order valence-corrected chi connectivity index (χ1v) is 7.02. The van der Waals surface area contributed by atoms with Crippen LogP contribution < -0.4 is 10.1 Å². The quantitative estimate of drug-likeness (QED) is 0.893. The van der Waals surface area contributed by atoms with Gasteiger partial charge in [0.2, 0.25) is 0 Å². The van der Waals surface area contributed by atoms with Crippen LogP contribution in [-0.4, -0.2) is 6.61 Å². The lowest BCUT2D eigenvalue weighted by Gasteiger charge is -2.12. The second-order valence-corrected chi connectivity index (χ2v) is 5.26. The van der Waals surface area contributed by atoms with Gasteiger partial charge in [0.1, 0.15) is 11.6 Å². The number of hydrogen-bond acceptors (Lipinski definition) is 2. The molecule has 0 bridgehead atoms. The van der Waals surface area contributed by atoms with Gasteiger partial charge in [-0.3, -0.25) is 0 Å². The Morgan fingerprint density at radius 2 is 2.05 bits per heavy atom. The van der Waals surface area contributed by atoms with Crippen LogP contribution in [0.2, 0.25) is 5.02 Å². The Hall–Kier alpha value is -1.74. The summed E-state index contributed by atoms with van der Waals surface area (Å²) in [4.78, 5) is 0. The van der Waals surface area contributed by atoms with Crippen molar-refractivity contribution < 1.29 is 9.13 Å². The summed E-state index contributed by atoms with van der Waals surface area (Å²) in [5.41, 5.74) is 2.60. The van der Waals surface area contributed by atoms with Gasteiger partial charge in [-0.1, -0.05) is 23.7 Å². The molecule has 1 unspecified atom stereocenters. The average molecular weight is 292 g/mol. The Morgan fingerprint density at radius 1 is 1.30 bits per heavy atom. The summed E-state index contributed by atoms with van der Waals surface area (Å²) in [5, 5.41) is 3.66. The fourth-order valence-electron chi connectivity index (χ4n) is 2.56. The topological polar surface area (TPSA) is 21.3 Å². The van der Waals surface area contributed by atoms with Crippen LogP contribution in [0.15, 0.2) is 36.4 Å². The molecule has 0 aliphatic carbocycles. The summed E-state index contributed by atoms with van der Waals surface area (Å²) in [6.07, 6.45) is 0.737. The monoisotopic (exact) mass is 291 g/mol. The fourth-order valence-corrected chi connectivity index (χ4v) is 2.79. The van der Waals surface area contributed by atoms with E-state index in [0.29, 0.717) is 17.3 Å². The summed E-state index contributed by atoms with van der Waals surface area (Å²) in [5.74, 6) is 0.557. The molecule has 1 heterocycles. The summed E-state index contributed by atoms with van der Waals surface area (Å²) < 4.78 is 19.3. The summed E-state index contributed by atoms with van der Waals surface area (Å²) in [6, 6.07) is 11.1. The molecule has 0 saturated heterocycles. The fraction of sp³-hybridized carbons (Fsp3) is 0.250. The van der Waals surface area contributed by atoms with Crippen molar-refractivity contribution in [2.75, 3.05) is 11.9 Å². The molecule has 2 nitrogen and oxygen atoms in total. The molecule has 1 aliphatic rings. The zero-order chi connectivity index (χ0) is 14.1. The van der Waals surface area contributed by atoms with Crippen molar-refractivity contribution in [1.29, 1.82) is 0 Å². The van der Waals surface area contributed by atoms with Crippen molar-refractivity contribution in [1.82, 2.24) is 0 Å². The molecular weight excluding hydrogens is 277 g/mol. The number of anilines is 1. The smallest absolute Gasteiger partial charge is 0.148 e. The number of nitrogens with one attached hydrogen (secondary N) is 1. The normalized spacial score (nSPS) is 16.6. The van der Waals surface area contributed by atoms with Crippen molar-refractivity contribution in [3.8, 4) is 5.75 Å². The van der Waals surface area contributed by atoms with Gasteiger partial charge in [-0.05, 0) is 48.7 Å². The van der Waals surface area contributed by atoms with E-state index in [-0.39, 0.29) is 11.9 Å². The second-order valence-electron chi connectivity index (χ2n) is 4.82. The third-order valence-electron chi connectivity index (χ3n) is 3.47. The van der Waals surface area contributed by atoms with Crippen LogP contribution >= 0.6 is 11.6 Å². The van der Waals surface area contributed by atoms with Crippen molar-refractivity contribution in [3.63, 3.8) is 0 Å². The Morgan fingerprint density at radius 3 is 2.75 bits per heavy atom. The second kappa shape index (κ2) is 5.33. The van der Waals surface area contributed by atoms with Crippen molar-refractivity contribution >= 4 is 17.3 Å². The molecule has 1 atom stereocenters. The lowest BCUT2D eigenvalue weighted by atomic mass is 10.0. The number of ether oxygens (including phenoxy) is 1. The molecule has 0 aromatic heterocycles. The minimum Gasteiger partial charge on any atom is -0.494 e. The number of fused-ring (bicyclic) bond motifs is 1. The third kappa shape index (κ3) is 2.46. The molecule has 2 aromatic carbocycles. The maximum Gasteiger partial charge on any atom is 0.148 e. The zero-order valence-electron chi connectivity index (χ0n) is 11.1. The van der Waals surface area contributed by atoms with Gasteiger partial charge in [0.05, 0.1) is 18.3 Å². The molecule has 2 aromatic rings. The van der Waals surface area contributed by atoms with Gasteiger partial charge in [-0.2, -0.15) is 0 Å². The predicted molar refractivity (Wildman–Crippen MR) is 79.1 cm³/mol. The molecule has 1 aliphatic heterocycles. The number of hydrogen-bond donors (Lipinski definition) is 1. The number of benzene rings is 2. The largest absolute Gasteiger partial charge is 0.494 e.